The number of thiophene rings is 1. The van der Waals surface area contributed by atoms with E-state index in [1.54, 1.807) is 25.6 Å². The number of benzene rings is 2. The average molecular weight is 479 g/mol. The summed E-state index contributed by atoms with van der Waals surface area (Å²) in [5.41, 5.74) is 2.92. The molecule has 7 heteroatoms. The number of hydrogen-bond acceptors (Lipinski definition) is 7. The Kier molecular flexibility index (Phi) is 7.34. The summed E-state index contributed by atoms with van der Waals surface area (Å²) in [6, 6.07) is 14.0. The molecule has 0 saturated carbocycles. The zero-order valence-electron chi connectivity index (χ0n) is 20.3. The van der Waals surface area contributed by atoms with Crippen LogP contribution in [-0.4, -0.2) is 49.8 Å². The van der Waals surface area contributed by atoms with Gasteiger partial charge >= 0.3 is 5.97 Å². The van der Waals surface area contributed by atoms with Crippen molar-refractivity contribution in [2.45, 2.75) is 27.3 Å². The Morgan fingerprint density at radius 2 is 1.74 bits per heavy atom. The van der Waals surface area contributed by atoms with E-state index in [4.69, 9.17) is 19.2 Å². The summed E-state index contributed by atoms with van der Waals surface area (Å²) in [4.78, 5) is 21.7. The lowest BCUT2D eigenvalue weighted by Crippen LogP contribution is -2.25. The minimum atomic E-state index is -0.362. The van der Waals surface area contributed by atoms with Crippen molar-refractivity contribution in [3.63, 3.8) is 0 Å². The first-order valence-corrected chi connectivity index (χ1v) is 12.3. The average Bonchev–Trinajstić information content (AvgIpc) is 3.24. The minimum absolute atomic E-state index is 0.289. The van der Waals surface area contributed by atoms with Gasteiger partial charge in [0.25, 0.3) is 0 Å². The predicted molar refractivity (Wildman–Crippen MR) is 138 cm³/mol. The third-order valence-corrected chi connectivity index (χ3v) is 7.09. The first kappa shape index (κ1) is 24.0. The highest BCUT2D eigenvalue weighted by Crippen LogP contribution is 2.44. The van der Waals surface area contributed by atoms with Crippen molar-refractivity contribution in [1.29, 1.82) is 0 Å². The predicted octanol–water partition coefficient (Wildman–Crippen LogP) is 6.15. The van der Waals surface area contributed by atoms with E-state index in [1.807, 2.05) is 37.3 Å². The lowest BCUT2D eigenvalue weighted by Gasteiger charge is -2.21. The Balaban J connectivity index is 2.13. The second-order valence-electron chi connectivity index (χ2n) is 7.84. The number of fused-ring (bicyclic) bond motifs is 3. The number of methoxy groups -OCH3 is 2. The van der Waals surface area contributed by atoms with Crippen LogP contribution in [0.2, 0.25) is 0 Å². The van der Waals surface area contributed by atoms with Crippen molar-refractivity contribution in [3.05, 3.63) is 53.7 Å². The van der Waals surface area contributed by atoms with Crippen molar-refractivity contribution < 1.29 is 19.0 Å². The Bertz CT molecular complexity index is 1330. The van der Waals surface area contributed by atoms with Gasteiger partial charge in [0.2, 0.25) is 0 Å². The molecule has 0 amide bonds. The van der Waals surface area contributed by atoms with Gasteiger partial charge in [-0.3, -0.25) is 4.90 Å². The van der Waals surface area contributed by atoms with Gasteiger partial charge in [0.1, 0.15) is 4.83 Å². The summed E-state index contributed by atoms with van der Waals surface area (Å²) < 4.78 is 17.7. The summed E-state index contributed by atoms with van der Waals surface area (Å²) in [6.07, 6.45) is 0. The van der Waals surface area contributed by atoms with Gasteiger partial charge in [0, 0.05) is 27.6 Å². The molecule has 178 valence electrons. The monoisotopic (exact) mass is 478 g/mol. The van der Waals surface area contributed by atoms with Crippen LogP contribution in [0.15, 0.2) is 42.5 Å². The number of nitrogens with zero attached hydrogens (tertiary/aromatic N) is 2. The first-order chi connectivity index (χ1) is 16.6. The molecule has 0 spiro atoms. The van der Waals surface area contributed by atoms with E-state index in [1.165, 1.54) is 0 Å². The number of esters is 1. The first-order valence-electron chi connectivity index (χ1n) is 11.5. The van der Waals surface area contributed by atoms with Crippen LogP contribution in [0.25, 0.3) is 31.4 Å². The third kappa shape index (κ3) is 4.33. The van der Waals surface area contributed by atoms with Crippen molar-refractivity contribution >= 4 is 37.6 Å². The Hall–Kier alpha value is -3.16. The molecule has 0 aliphatic carbocycles. The highest BCUT2D eigenvalue weighted by Gasteiger charge is 2.27. The van der Waals surface area contributed by atoms with Crippen LogP contribution in [-0.2, 0) is 11.3 Å². The van der Waals surface area contributed by atoms with Gasteiger partial charge in [-0.1, -0.05) is 38.1 Å². The molecule has 0 aliphatic heterocycles. The van der Waals surface area contributed by atoms with Gasteiger partial charge in [-0.25, -0.2) is 9.78 Å². The SMILES string of the molecule is CCOC(=O)c1c(CN(CC)CC)nc2sc3ccccc3c2c1-c1ccc(OC)c(OC)c1. The van der Waals surface area contributed by atoms with Gasteiger partial charge in [-0.05, 0) is 43.8 Å². The molecule has 2 aromatic carbocycles. The van der Waals surface area contributed by atoms with Crippen molar-refractivity contribution in [2.24, 2.45) is 0 Å². The van der Waals surface area contributed by atoms with Crippen molar-refractivity contribution in [2.75, 3.05) is 33.9 Å². The van der Waals surface area contributed by atoms with Gasteiger partial charge in [-0.2, -0.15) is 0 Å². The normalized spacial score (nSPS) is 11.4. The van der Waals surface area contributed by atoms with Gasteiger partial charge in [-0.15, -0.1) is 11.3 Å². The van der Waals surface area contributed by atoms with E-state index in [9.17, 15) is 4.79 Å². The molecule has 0 saturated heterocycles. The van der Waals surface area contributed by atoms with E-state index >= 15 is 0 Å². The van der Waals surface area contributed by atoms with Crippen LogP contribution in [0.1, 0.15) is 36.8 Å². The molecular formula is C27H30N2O4S. The van der Waals surface area contributed by atoms with E-state index in [0.717, 1.165) is 50.2 Å². The summed E-state index contributed by atoms with van der Waals surface area (Å²) in [7, 11) is 3.22. The standard InChI is InChI=1S/C27H30N2O4S/c1-6-29(7-2)16-19-25(27(30)33-8-3)23(17-13-14-20(31-4)21(15-17)32-5)24-18-11-9-10-12-22(18)34-26(24)28-19/h9-15H,6-8,16H2,1-5H3. The molecule has 4 aromatic rings. The Morgan fingerprint density at radius 3 is 2.41 bits per heavy atom. The van der Waals surface area contributed by atoms with Crippen LogP contribution < -0.4 is 9.47 Å². The molecule has 34 heavy (non-hydrogen) atoms. The number of carbonyl (C=O) groups is 1. The Morgan fingerprint density at radius 1 is 1.00 bits per heavy atom. The molecule has 6 nitrogen and oxygen atoms in total. The van der Waals surface area contributed by atoms with Crippen LogP contribution in [0, 0.1) is 0 Å². The molecule has 0 atom stereocenters. The third-order valence-electron chi connectivity index (χ3n) is 6.02. The largest absolute Gasteiger partial charge is 0.493 e. The van der Waals surface area contributed by atoms with Crippen LogP contribution in [0.5, 0.6) is 11.5 Å². The van der Waals surface area contributed by atoms with Crippen LogP contribution in [0.3, 0.4) is 0 Å². The number of ether oxygens (including phenoxy) is 3. The number of aromatic nitrogens is 1. The van der Waals surface area contributed by atoms with Crippen molar-refractivity contribution in [3.8, 4) is 22.6 Å². The molecule has 0 fully saturated rings. The summed E-state index contributed by atoms with van der Waals surface area (Å²) in [5, 5.41) is 2.03. The zero-order chi connectivity index (χ0) is 24.2. The maximum atomic E-state index is 13.5. The smallest absolute Gasteiger partial charge is 0.340 e. The van der Waals surface area contributed by atoms with E-state index in [-0.39, 0.29) is 12.6 Å². The molecule has 2 heterocycles. The van der Waals surface area contributed by atoms with Gasteiger partial charge < -0.3 is 14.2 Å². The topological polar surface area (TPSA) is 60.9 Å². The summed E-state index contributed by atoms with van der Waals surface area (Å²) in [6.45, 7) is 8.61. The fraction of sp³-hybridized carbons (Fsp3) is 0.333. The van der Waals surface area contributed by atoms with Crippen LogP contribution in [0.4, 0.5) is 0 Å². The number of pyridine rings is 1. The summed E-state index contributed by atoms with van der Waals surface area (Å²) >= 11 is 1.64. The molecule has 4 rings (SSSR count). The molecule has 0 aliphatic rings. The second kappa shape index (κ2) is 10.4. The van der Waals surface area contributed by atoms with E-state index in [0.29, 0.717) is 23.6 Å². The quantitative estimate of drug-likeness (QED) is 0.269. The number of hydrogen-bond donors (Lipinski definition) is 0. The van der Waals surface area contributed by atoms with Gasteiger partial charge in [0.15, 0.2) is 11.5 Å². The molecule has 0 bridgehead atoms. The fourth-order valence-electron chi connectivity index (χ4n) is 4.28. The molecule has 0 unspecified atom stereocenters. The highest BCUT2D eigenvalue weighted by molar-refractivity contribution is 7.25. The van der Waals surface area contributed by atoms with Crippen LogP contribution >= 0.6 is 11.3 Å². The minimum Gasteiger partial charge on any atom is -0.493 e. The van der Waals surface area contributed by atoms with E-state index in [2.05, 4.69) is 30.9 Å². The van der Waals surface area contributed by atoms with Gasteiger partial charge in [0.05, 0.1) is 32.1 Å². The number of carbonyl (C=O) groups excluding carboxylic acids is 1. The molecule has 0 N–H and O–H groups in total. The zero-order valence-corrected chi connectivity index (χ0v) is 21.1. The summed E-state index contributed by atoms with van der Waals surface area (Å²) in [5.74, 6) is 0.872. The highest BCUT2D eigenvalue weighted by atomic mass is 32.1. The maximum absolute atomic E-state index is 13.5. The lowest BCUT2D eigenvalue weighted by atomic mass is 9.93. The fourth-order valence-corrected chi connectivity index (χ4v) is 5.38. The molecule has 2 aromatic heterocycles. The Labute approximate surface area is 204 Å². The second-order valence-corrected chi connectivity index (χ2v) is 8.87. The number of rotatable bonds is 9. The molecular weight excluding hydrogens is 448 g/mol. The maximum Gasteiger partial charge on any atom is 0.340 e. The van der Waals surface area contributed by atoms with E-state index < -0.39 is 0 Å². The molecule has 0 radical (unpaired) electrons. The lowest BCUT2D eigenvalue weighted by molar-refractivity contribution is 0.0524. The van der Waals surface area contributed by atoms with Crippen molar-refractivity contribution in [1.82, 2.24) is 9.88 Å².